The van der Waals surface area contributed by atoms with E-state index in [1.54, 1.807) is 12.1 Å². The van der Waals surface area contributed by atoms with Crippen LogP contribution in [0.3, 0.4) is 0 Å². The van der Waals surface area contributed by atoms with E-state index in [2.05, 4.69) is 15.0 Å². The van der Waals surface area contributed by atoms with Gasteiger partial charge in [0.25, 0.3) is 0 Å². The number of benzene rings is 1. The number of imidazole rings is 1. The van der Waals surface area contributed by atoms with Crippen LogP contribution in [0.25, 0.3) is 4.96 Å². The lowest BCUT2D eigenvalue weighted by atomic mass is 10.4. The molecule has 0 unspecified atom stereocenters. The minimum absolute atomic E-state index is 0.00103. The van der Waals surface area contributed by atoms with E-state index < -0.39 is 10.0 Å². The van der Waals surface area contributed by atoms with E-state index >= 15 is 0 Å². The number of hydrogen-bond donors (Lipinski definition) is 2. The highest BCUT2D eigenvalue weighted by molar-refractivity contribution is 7.89. The molecule has 0 fully saturated rings. The molecule has 0 atom stereocenters. The Morgan fingerprint density at radius 1 is 1.36 bits per heavy atom. The van der Waals surface area contributed by atoms with E-state index in [0.29, 0.717) is 11.6 Å². The fourth-order valence-corrected chi connectivity index (χ4v) is 4.21. The highest BCUT2D eigenvalue weighted by Crippen LogP contribution is 2.15. The van der Waals surface area contributed by atoms with Crippen LogP contribution in [0.1, 0.15) is 12.1 Å². The first-order valence-electron chi connectivity index (χ1n) is 7.37. The molecule has 2 heterocycles. The highest BCUT2D eigenvalue weighted by Gasteiger charge is 2.14. The van der Waals surface area contributed by atoms with Gasteiger partial charge in [-0.05, 0) is 18.2 Å². The van der Waals surface area contributed by atoms with Gasteiger partial charge < -0.3 is 5.32 Å². The fraction of sp³-hybridized carbons (Fsp3) is 0.200. The van der Waals surface area contributed by atoms with Crippen molar-refractivity contribution in [2.75, 3.05) is 6.54 Å². The van der Waals surface area contributed by atoms with Crippen LogP contribution >= 0.6 is 22.9 Å². The molecule has 0 bridgehead atoms. The third-order valence-electron chi connectivity index (χ3n) is 3.36. The van der Waals surface area contributed by atoms with Gasteiger partial charge in [0, 0.05) is 35.8 Å². The first kappa shape index (κ1) is 17.9. The van der Waals surface area contributed by atoms with Crippen molar-refractivity contribution in [2.45, 2.75) is 17.9 Å². The zero-order valence-electron chi connectivity index (χ0n) is 13.0. The molecule has 3 aromatic rings. The molecule has 0 spiro atoms. The Labute approximate surface area is 153 Å². The maximum atomic E-state index is 12.1. The van der Waals surface area contributed by atoms with Gasteiger partial charge in [0.15, 0.2) is 4.96 Å². The molecule has 2 N–H and O–H groups in total. The Kier molecular flexibility index (Phi) is 5.38. The number of fused-ring (bicyclic) bond motifs is 1. The van der Waals surface area contributed by atoms with Crippen LogP contribution in [0.15, 0.2) is 46.9 Å². The molecular formula is C15H15ClN4O3S2. The van der Waals surface area contributed by atoms with Crippen molar-refractivity contribution in [3.63, 3.8) is 0 Å². The topological polar surface area (TPSA) is 92.6 Å². The second-order valence-corrected chi connectivity index (χ2v) is 8.28. The van der Waals surface area contributed by atoms with Crippen molar-refractivity contribution in [3.8, 4) is 0 Å². The number of rotatable bonds is 7. The van der Waals surface area contributed by atoms with Crippen molar-refractivity contribution in [1.82, 2.24) is 19.4 Å². The SMILES string of the molecule is O=C(CCNS(=O)(=O)c1cccc(Cl)c1)NCc1cn2ccsc2n1. The summed E-state index contributed by atoms with van der Waals surface area (Å²) in [4.78, 5) is 17.1. The van der Waals surface area contributed by atoms with Crippen LogP contribution in [0.2, 0.25) is 5.02 Å². The number of nitrogens with one attached hydrogen (secondary N) is 2. The van der Waals surface area contributed by atoms with E-state index in [1.165, 1.54) is 23.5 Å². The number of hydrogen-bond acceptors (Lipinski definition) is 5. The van der Waals surface area contributed by atoms with Gasteiger partial charge >= 0.3 is 0 Å². The summed E-state index contributed by atoms with van der Waals surface area (Å²) in [6.07, 6.45) is 3.76. The number of carbonyl (C=O) groups excluding carboxylic acids is 1. The molecule has 0 saturated carbocycles. The molecule has 132 valence electrons. The van der Waals surface area contributed by atoms with Crippen LogP contribution in [-0.4, -0.2) is 30.3 Å². The van der Waals surface area contributed by atoms with Gasteiger partial charge in [0.2, 0.25) is 15.9 Å². The Bertz CT molecular complexity index is 969. The molecule has 25 heavy (non-hydrogen) atoms. The first-order chi connectivity index (χ1) is 11.9. The molecule has 7 nitrogen and oxygen atoms in total. The smallest absolute Gasteiger partial charge is 0.240 e. The first-order valence-corrected chi connectivity index (χ1v) is 10.1. The summed E-state index contributed by atoms with van der Waals surface area (Å²) < 4.78 is 28.5. The normalized spacial score (nSPS) is 11.7. The molecule has 3 rings (SSSR count). The van der Waals surface area contributed by atoms with Crippen molar-refractivity contribution >= 4 is 43.8 Å². The summed E-state index contributed by atoms with van der Waals surface area (Å²) in [5, 5.41) is 4.98. The van der Waals surface area contributed by atoms with Crippen molar-refractivity contribution in [3.05, 3.63) is 52.8 Å². The summed E-state index contributed by atoms with van der Waals surface area (Å²) >= 11 is 7.30. The molecule has 1 amide bonds. The van der Waals surface area contributed by atoms with E-state index in [-0.39, 0.29) is 23.8 Å². The molecule has 0 saturated heterocycles. The number of carbonyl (C=O) groups is 1. The Morgan fingerprint density at radius 2 is 2.20 bits per heavy atom. The third-order valence-corrected chi connectivity index (χ3v) is 5.82. The maximum absolute atomic E-state index is 12.1. The molecule has 1 aromatic carbocycles. The molecule has 2 aromatic heterocycles. The van der Waals surface area contributed by atoms with Crippen LogP contribution in [-0.2, 0) is 21.4 Å². The number of amides is 1. The maximum Gasteiger partial charge on any atom is 0.240 e. The van der Waals surface area contributed by atoms with Gasteiger partial charge in [-0.25, -0.2) is 18.1 Å². The summed E-state index contributed by atoms with van der Waals surface area (Å²) in [7, 11) is -3.68. The average molecular weight is 399 g/mol. The zero-order valence-corrected chi connectivity index (χ0v) is 15.4. The van der Waals surface area contributed by atoms with Gasteiger partial charge in [-0.15, -0.1) is 11.3 Å². The lowest BCUT2D eigenvalue weighted by Gasteiger charge is -2.07. The van der Waals surface area contributed by atoms with Crippen LogP contribution in [0.5, 0.6) is 0 Å². The minimum atomic E-state index is -3.68. The van der Waals surface area contributed by atoms with Crippen molar-refractivity contribution in [2.24, 2.45) is 0 Å². The second-order valence-electron chi connectivity index (χ2n) is 5.21. The standard InChI is InChI=1S/C15H15ClN4O3S2/c16-11-2-1-3-13(8-11)25(22,23)18-5-4-14(21)17-9-12-10-20-6-7-24-15(20)19-12/h1-3,6-8,10,18H,4-5,9H2,(H,17,21). The van der Waals surface area contributed by atoms with E-state index in [9.17, 15) is 13.2 Å². The van der Waals surface area contributed by atoms with E-state index in [1.807, 2.05) is 22.2 Å². The third kappa shape index (κ3) is 4.57. The van der Waals surface area contributed by atoms with E-state index in [4.69, 9.17) is 11.6 Å². The summed E-state index contributed by atoms with van der Waals surface area (Å²) in [5.74, 6) is -0.259. The molecule has 0 aliphatic heterocycles. The molecule has 0 aliphatic rings. The monoisotopic (exact) mass is 398 g/mol. The number of thiazole rings is 1. The Hall–Kier alpha value is -1.94. The lowest BCUT2D eigenvalue weighted by molar-refractivity contribution is -0.121. The molecule has 0 aliphatic carbocycles. The van der Waals surface area contributed by atoms with Gasteiger partial charge in [0.05, 0.1) is 17.1 Å². The van der Waals surface area contributed by atoms with Crippen molar-refractivity contribution in [1.29, 1.82) is 0 Å². The van der Waals surface area contributed by atoms with Gasteiger partial charge in [-0.2, -0.15) is 0 Å². The minimum Gasteiger partial charge on any atom is -0.350 e. The predicted octanol–water partition coefficient (Wildman–Crippen LogP) is 2.03. The van der Waals surface area contributed by atoms with Crippen molar-refractivity contribution < 1.29 is 13.2 Å². The number of halogens is 1. The largest absolute Gasteiger partial charge is 0.350 e. The summed E-state index contributed by atoms with van der Waals surface area (Å²) in [6.45, 7) is 0.299. The van der Waals surface area contributed by atoms with Gasteiger partial charge in [0.1, 0.15) is 0 Å². The predicted molar refractivity (Wildman–Crippen MR) is 96.2 cm³/mol. The Morgan fingerprint density at radius 3 is 2.96 bits per heavy atom. The van der Waals surface area contributed by atoms with Gasteiger partial charge in [-0.3, -0.25) is 9.20 Å². The molecular weight excluding hydrogens is 384 g/mol. The second kappa shape index (κ2) is 7.52. The number of sulfonamides is 1. The van der Waals surface area contributed by atoms with E-state index in [0.717, 1.165) is 10.7 Å². The summed E-state index contributed by atoms with van der Waals surface area (Å²) in [6, 6.07) is 5.94. The van der Waals surface area contributed by atoms with Crippen LogP contribution < -0.4 is 10.0 Å². The van der Waals surface area contributed by atoms with Gasteiger partial charge in [-0.1, -0.05) is 17.7 Å². The average Bonchev–Trinajstić information content (AvgIpc) is 3.14. The summed E-state index contributed by atoms with van der Waals surface area (Å²) in [5.41, 5.74) is 0.750. The quantitative estimate of drug-likeness (QED) is 0.637. The molecule has 0 radical (unpaired) electrons. The van der Waals surface area contributed by atoms with Crippen LogP contribution in [0.4, 0.5) is 0 Å². The number of aromatic nitrogens is 2. The van der Waals surface area contributed by atoms with Crippen LogP contribution in [0, 0.1) is 0 Å². The number of nitrogens with zero attached hydrogens (tertiary/aromatic N) is 2. The zero-order chi connectivity index (χ0) is 17.9. The Balaban J connectivity index is 1.46. The molecule has 10 heteroatoms. The lowest BCUT2D eigenvalue weighted by Crippen LogP contribution is -2.30. The fourth-order valence-electron chi connectivity index (χ4n) is 2.16. The highest BCUT2D eigenvalue weighted by atomic mass is 35.5.